The van der Waals surface area contributed by atoms with Crippen LogP contribution in [0.5, 0.6) is 0 Å². The number of rotatable bonds is 5. The van der Waals surface area contributed by atoms with E-state index in [1.807, 2.05) is 6.92 Å². The van der Waals surface area contributed by atoms with E-state index < -0.39 is 0 Å². The Labute approximate surface area is 109 Å². The fraction of sp³-hybridized carbons (Fsp3) is 0.769. The molecule has 0 saturated carbocycles. The van der Waals surface area contributed by atoms with E-state index in [1.54, 1.807) is 6.08 Å². The summed E-state index contributed by atoms with van der Waals surface area (Å²) in [4.78, 5) is 11.6. The SMILES string of the molecule is C[C@@H]1C=C(O)[C@@H](CNC(=O)CCNC(C)(C)C)N1. The molecule has 104 valence electrons. The van der Waals surface area contributed by atoms with Gasteiger partial charge in [-0.25, -0.2) is 0 Å². The molecule has 2 atom stereocenters. The van der Waals surface area contributed by atoms with Crippen molar-refractivity contribution in [1.29, 1.82) is 0 Å². The second kappa shape index (κ2) is 6.20. The number of carbonyl (C=O) groups excluding carboxylic acids is 1. The van der Waals surface area contributed by atoms with E-state index in [1.165, 1.54) is 0 Å². The number of hydrogen-bond donors (Lipinski definition) is 4. The van der Waals surface area contributed by atoms with E-state index in [4.69, 9.17) is 0 Å². The van der Waals surface area contributed by atoms with Gasteiger partial charge in [0.2, 0.25) is 5.91 Å². The Hall–Kier alpha value is -1.07. The first-order valence-electron chi connectivity index (χ1n) is 6.46. The van der Waals surface area contributed by atoms with Gasteiger partial charge in [0.25, 0.3) is 0 Å². The van der Waals surface area contributed by atoms with Crippen LogP contribution in [0.1, 0.15) is 34.1 Å². The zero-order valence-corrected chi connectivity index (χ0v) is 11.7. The predicted molar refractivity (Wildman–Crippen MR) is 72.5 cm³/mol. The maximum absolute atomic E-state index is 11.6. The van der Waals surface area contributed by atoms with Crippen molar-refractivity contribution >= 4 is 5.91 Å². The summed E-state index contributed by atoms with van der Waals surface area (Å²) in [6.07, 6.45) is 2.21. The Bertz CT molecular complexity index is 321. The van der Waals surface area contributed by atoms with Crippen LogP contribution < -0.4 is 16.0 Å². The maximum atomic E-state index is 11.6. The third kappa shape index (κ3) is 5.51. The van der Waals surface area contributed by atoms with E-state index >= 15 is 0 Å². The summed E-state index contributed by atoms with van der Waals surface area (Å²) >= 11 is 0. The Morgan fingerprint density at radius 2 is 2.17 bits per heavy atom. The highest BCUT2D eigenvalue weighted by Gasteiger charge is 2.22. The standard InChI is InChI=1S/C13H25N3O2/c1-9-7-11(17)10(16-9)8-14-12(18)5-6-15-13(2,3)4/h7,9-10,15-17H,5-6,8H2,1-4H3,(H,14,18)/t9-,10-/m1/s1. The zero-order valence-electron chi connectivity index (χ0n) is 11.7. The zero-order chi connectivity index (χ0) is 13.8. The molecular formula is C13H25N3O2. The topological polar surface area (TPSA) is 73.4 Å². The van der Waals surface area contributed by atoms with Crippen molar-refractivity contribution in [2.45, 2.75) is 51.7 Å². The van der Waals surface area contributed by atoms with Crippen molar-refractivity contribution in [3.8, 4) is 0 Å². The van der Waals surface area contributed by atoms with Crippen LogP contribution in [-0.4, -0.2) is 41.7 Å². The second-order valence-electron chi connectivity index (χ2n) is 5.83. The number of hydrogen-bond acceptors (Lipinski definition) is 4. The minimum atomic E-state index is -0.153. The molecule has 4 N–H and O–H groups in total. The van der Waals surface area contributed by atoms with Crippen LogP contribution in [0.4, 0.5) is 0 Å². The Balaban J connectivity index is 2.16. The molecule has 0 radical (unpaired) electrons. The molecule has 0 aromatic carbocycles. The van der Waals surface area contributed by atoms with Gasteiger partial charge in [-0.3, -0.25) is 10.1 Å². The third-order valence-electron chi connectivity index (χ3n) is 2.75. The molecule has 0 aromatic rings. The lowest BCUT2D eigenvalue weighted by Gasteiger charge is -2.20. The largest absolute Gasteiger partial charge is 0.511 e. The van der Waals surface area contributed by atoms with Crippen molar-refractivity contribution in [2.24, 2.45) is 0 Å². The summed E-state index contributed by atoms with van der Waals surface area (Å²) in [7, 11) is 0. The predicted octanol–water partition coefficient (Wildman–Crippen LogP) is 0.683. The fourth-order valence-electron chi connectivity index (χ4n) is 1.84. The van der Waals surface area contributed by atoms with Crippen molar-refractivity contribution in [3.63, 3.8) is 0 Å². The normalized spacial score (nSPS) is 23.9. The van der Waals surface area contributed by atoms with Gasteiger partial charge in [0.05, 0.1) is 6.04 Å². The molecule has 1 amide bonds. The highest BCUT2D eigenvalue weighted by molar-refractivity contribution is 5.76. The van der Waals surface area contributed by atoms with Gasteiger partial charge in [-0.05, 0) is 33.8 Å². The summed E-state index contributed by atoms with van der Waals surface area (Å²) in [5.74, 6) is 0.316. The summed E-state index contributed by atoms with van der Waals surface area (Å²) < 4.78 is 0. The van der Waals surface area contributed by atoms with Gasteiger partial charge >= 0.3 is 0 Å². The molecule has 1 rings (SSSR count). The second-order valence-corrected chi connectivity index (χ2v) is 5.83. The van der Waals surface area contributed by atoms with Crippen LogP contribution in [-0.2, 0) is 4.79 Å². The molecule has 0 unspecified atom stereocenters. The fourth-order valence-corrected chi connectivity index (χ4v) is 1.84. The lowest BCUT2D eigenvalue weighted by Crippen LogP contribution is -2.42. The van der Waals surface area contributed by atoms with Gasteiger partial charge in [-0.2, -0.15) is 0 Å². The van der Waals surface area contributed by atoms with Gasteiger partial charge in [-0.15, -0.1) is 0 Å². The smallest absolute Gasteiger partial charge is 0.221 e. The van der Waals surface area contributed by atoms with Crippen molar-refractivity contribution in [3.05, 3.63) is 11.8 Å². The number of amides is 1. The molecular weight excluding hydrogens is 230 g/mol. The van der Waals surface area contributed by atoms with Crippen molar-refractivity contribution in [2.75, 3.05) is 13.1 Å². The van der Waals surface area contributed by atoms with Crippen LogP contribution >= 0.6 is 0 Å². The number of nitrogens with one attached hydrogen (secondary N) is 3. The molecule has 5 heteroatoms. The molecule has 1 aliphatic heterocycles. The summed E-state index contributed by atoms with van der Waals surface area (Å²) in [5.41, 5.74) is 0.0315. The van der Waals surface area contributed by atoms with Crippen LogP contribution in [0.2, 0.25) is 0 Å². The highest BCUT2D eigenvalue weighted by Crippen LogP contribution is 2.08. The van der Waals surface area contributed by atoms with E-state index in [0.717, 1.165) is 0 Å². The first-order chi connectivity index (χ1) is 8.28. The number of aliphatic hydroxyl groups is 1. The molecule has 1 heterocycles. The van der Waals surface area contributed by atoms with Crippen LogP contribution in [0.15, 0.2) is 11.8 Å². The highest BCUT2D eigenvalue weighted by atomic mass is 16.3. The number of carbonyl (C=O) groups is 1. The summed E-state index contributed by atoms with van der Waals surface area (Å²) in [6.45, 7) is 9.25. The number of aliphatic hydroxyl groups excluding tert-OH is 1. The molecule has 0 bridgehead atoms. The molecule has 0 aromatic heterocycles. The maximum Gasteiger partial charge on any atom is 0.221 e. The molecule has 0 spiro atoms. The molecule has 0 saturated heterocycles. The Morgan fingerprint density at radius 3 is 2.67 bits per heavy atom. The average molecular weight is 255 g/mol. The van der Waals surface area contributed by atoms with Crippen LogP contribution in [0, 0.1) is 0 Å². The quantitative estimate of drug-likeness (QED) is 0.583. The Morgan fingerprint density at radius 1 is 1.50 bits per heavy atom. The van der Waals surface area contributed by atoms with Crippen LogP contribution in [0.25, 0.3) is 0 Å². The third-order valence-corrected chi connectivity index (χ3v) is 2.75. The molecule has 0 aliphatic carbocycles. The van der Waals surface area contributed by atoms with Crippen LogP contribution in [0.3, 0.4) is 0 Å². The van der Waals surface area contributed by atoms with E-state index in [2.05, 4.69) is 36.7 Å². The summed E-state index contributed by atoms with van der Waals surface area (Å²) in [5, 5.41) is 18.8. The lowest BCUT2D eigenvalue weighted by molar-refractivity contribution is -0.121. The van der Waals surface area contributed by atoms with E-state index in [-0.39, 0.29) is 23.5 Å². The minimum Gasteiger partial charge on any atom is -0.511 e. The molecule has 5 nitrogen and oxygen atoms in total. The molecule has 1 aliphatic rings. The van der Waals surface area contributed by atoms with Gasteiger partial charge in [-0.1, -0.05) is 0 Å². The first-order valence-corrected chi connectivity index (χ1v) is 6.46. The summed E-state index contributed by atoms with van der Waals surface area (Å²) in [6, 6.07) is 0.00832. The lowest BCUT2D eigenvalue weighted by atomic mass is 10.1. The molecule has 0 fully saturated rings. The van der Waals surface area contributed by atoms with Gasteiger partial charge < -0.3 is 15.7 Å². The average Bonchev–Trinajstić information content (AvgIpc) is 2.52. The van der Waals surface area contributed by atoms with Crippen molar-refractivity contribution in [1.82, 2.24) is 16.0 Å². The van der Waals surface area contributed by atoms with Gasteiger partial charge in [0, 0.05) is 31.1 Å². The first kappa shape index (κ1) is 15.0. The van der Waals surface area contributed by atoms with Gasteiger partial charge in [0.15, 0.2) is 0 Å². The minimum absolute atomic E-state index is 0.000836. The van der Waals surface area contributed by atoms with Gasteiger partial charge in [0.1, 0.15) is 5.76 Å². The Kier molecular flexibility index (Phi) is 5.16. The van der Waals surface area contributed by atoms with Crippen molar-refractivity contribution < 1.29 is 9.90 Å². The van der Waals surface area contributed by atoms with E-state index in [0.29, 0.717) is 25.3 Å². The van der Waals surface area contributed by atoms with E-state index in [9.17, 15) is 9.90 Å². The monoisotopic (exact) mass is 255 g/mol. The molecule has 18 heavy (non-hydrogen) atoms.